The highest BCUT2D eigenvalue weighted by Gasteiger charge is 2.21. The monoisotopic (exact) mass is 440 g/mol. The van der Waals surface area contributed by atoms with Crippen LogP contribution in [-0.4, -0.2) is 23.0 Å². The molecule has 0 saturated heterocycles. The normalized spacial score (nSPS) is 10.4. The first-order valence-electron chi connectivity index (χ1n) is 9.13. The van der Waals surface area contributed by atoms with E-state index in [1.165, 1.54) is 36.4 Å². The van der Waals surface area contributed by atoms with Gasteiger partial charge in [-0.3, -0.25) is 14.2 Å². The van der Waals surface area contributed by atoms with Crippen molar-refractivity contribution in [3.8, 4) is 17.5 Å². The van der Waals surface area contributed by atoms with Gasteiger partial charge in [0.05, 0.1) is 16.8 Å². The second-order valence-electron chi connectivity index (χ2n) is 6.70. The van der Waals surface area contributed by atoms with Crippen LogP contribution in [0.25, 0.3) is 5.69 Å². The van der Waals surface area contributed by atoms with Gasteiger partial charge in [0.2, 0.25) is 0 Å². The fourth-order valence-electron chi connectivity index (χ4n) is 3.13. The van der Waals surface area contributed by atoms with Gasteiger partial charge in [-0.1, -0.05) is 17.7 Å². The Labute approximate surface area is 182 Å². The summed E-state index contributed by atoms with van der Waals surface area (Å²) in [5, 5.41) is 12.5. The fraction of sp³-hybridized carbons (Fsp3) is 0.136. The summed E-state index contributed by atoms with van der Waals surface area (Å²) in [7, 11) is 0. The van der Waals surface area contributed by atoms with Gasteiger partial charge in [-0.15, -0.1) is 0 Å². The summed E-state index contributed by atoms with van der Waals surface area (Å²) < 4.78 is 20.8. The van der Waals surface area contributed by atoms with Crippen LogP contribution in [0.4, 0.5) is 10.2 Å². The molecule has 9 heteroatoms. The largest absolute Gasteiger partial charge is 0.483 e. The van der Waals surface area contributed by atoms with Gasteiger partial charge in [-0.25, -0.2) is 4.39 Å². The van der Waals surface area contributed by atoms with E-state index < -0.39 is 24.2 Å². The van der Waals surface area contributed by atoms with Crippen molar-refractivity contribution in [3.63, 3.8) is 0 Å². The average molecular weight is 441 g/mol. The first-order valence-corrected chi connectivity index (χ1v) is 9.50. The number of nitrogens with zero attached hydrogens (tertiary/aromatic N) is 2. The molecule has 7 nitrogen and oxygen atoms in total. The summed E-state index contributed by atoms with van der Waals surface area (Å²) in [6.45, 7) is 3.04. The number of ether oxygens (including phenoxy) is 1. The number of nitrogens with one attached hydrogen (secondary N) is 1. The summed E-state index contributed by atoms with van der Waals surface area (Å²) in [5.41, 5.74) is 7.38. The summed E-state index contributed by atoms with van der Waals surface area (Å²) in [6.07, 6.45) is 0. The van der Waals surface area contributed by atoms with Gasteiger partial charge in [0.1, 0.15) is 23.5 Å². The molecule has 0 unspecified atom stereocenters. The van der Waals surface area contributed by atoms with E-state index in [1.807, 2.05) is 0 Å². The molecule has 0 spiro atoms. The molecule has 2 aromatic carbocycles. The van der Waals surface area contributed by atoms with Crippen LogP contribution in [-0.2, 0) is 4.79 Å². The molecular formula is C22H18ClFN4O3. The quantitative estimate of drug-likeness (QED) is 0.606. The van der Waals surface area contributed by atoms with E-state index in [0.29, 0.717) is 22.0 Å². The van der Waals surface area contributed by atoms with Crippen LogP contribution < -0.4 is 15.8 Å². The molecule has 0 aliphatic heterocycles. The van der Waals surface area contributed by atoms with E-state index in [0.717, 1.165) is 0 Å². The second kappa shape index (κ2) is 8.90. The third-order valence-corrected chi connectivity index (χ3v) is 4.95. The van der Waals surface area contributed by atoms with Crippen LogP contribution in [0.15, 0.2) is 42.5 Å². The van der Waals surface area contributed by atoms with Gasteiger partial charge in [0, 0.05) is 10.7 Å². The molecule has 3 rings (SSSR count). The highest BCUT2D eigenvalue weighted by Crippen LogP contribution is 2.30. The number of halogens is 2. The molecule has 0 aliphatic rings. The summed E-state index contributed by atoms with van der Waals surface area (Å²) in [6, 6.07) is 12.1. The minimum atomic E-state index is -0.754. The molecule has 1 aromatic heterocycles. The Kier molecular flexibility index (Phi) is 6.28. The van der Waals surface area contributed by atoms with Gasteiger partial charge in [-0.2, -0.15) is 5.26 Å². The highest BCUT2D eigenvalue weighted by molar-refractivity contribution is 6.31. The van der Waals surface area contributed by atoms with E-state index in [9.17, 15) is 19.2 Å². The maximum atomic E-state index is 13.8. The van der Waals surface area contributed by atoms with Crippen LogP contribution in [0.3, 0.4) is 0 Å². The first kappa shape index (κ1) is 21.9. The van der Waals surface area contributed by atoms with Crippen molar-refractivity contribution in [3.05, 3.63) is 75.7 Å². The standard InChI is InChI=1S/C22H18ClFN4O3/c1-12-13(2)28(16-5-3-4-15(24)9-16)22(18(12)10-25)27-20(29)11-31-19-7-6-14(23)8-17(19)21(26)30/h3-9H,11H2,1-2H3,(H2,26,30)(H,27,29). The number of primary amides is 1. The van der Waals surface area contributed by atoms with Gasteiger partial charge >= 0.3 is 0 Å². The first-order chi connectivity index (χ1) is 14.7. The number of rotatable bonds is 6. The van der Waals surface area contributed by atoms with Crippen LogP contribution in [0, 0.1) is 31.0 Å². The lowest BCUT2D eigenvalue weighted by molar-refractivity contribution is -0.118. The molecule has 0 aliphatic carbocycles. The Morgan fingerprint density at radius 3 is 2.65 bits per heavy atom. The van der Waals surface area contributed by atoms with Crippen molar-refractivity contribution >= 4 is 29.2 Å². The number of amides is 2. The summed E-state index contributed by atoms with van der Waals surface area (Å²) in [5.74, 6) is -1.50. The number of nitriles is 1. The Hall–Kier alpha value is -3.83. The lowest BCUT2D eigenvalue weighted by Gasteiger charge is -2.14. The molecule has 0 fully saturated rings. The van der Waals surface area contributed by atoms with E-state index in [1.54, 1.807) is 24.5 Å². The van der Waals surface area contributed by atoms with Crippen LogP contribution in [0.1, 0.15) is 27.2 Å². The lowest BCUT2D eigenvalue weighted by Crippen LogP contribution is -2.23. The molecule has 0 atom stereocenters. The predicted molar refractivity (Wildman–Crippen MR) is 114 cm³/mol. The zero-order chi connectivity index (χ0) is 22.7. The average Bonchev–Trinajstić information content (AvgIpc) is 2.96. The van der Waals surface area contributed by atoms with Crippen LogP contribution in [0.2, 0.25) is 5.02 Å². The number of aromatic nitrogens is 1. The minimum absolute atomic E-state index is 0.0350. The van der Waals surface area contributed by atoms with Crippen LogP contribution in [0.5, 0.6) is 5.75 Å². The number of hydrogen-bond donors (Lipinski definition) is 2. The van der Waals surface area contributed by atoms with E-state index in [-0.39, 0.29) is 22.7 Å². The SMILES string of the molecule is Cc1c(C#N)c(NC(=O)COc2ccc(Cl)cc2C(N)=O)n(-c2cccc(F)c2)c1C. The molecule has 0 saturated carbocycles. The molecule has 0 bridgehead atoms. The Balaban J connectivity index is 1.89. The highest BCUT2D eigenvalue weighted by atomic mass is 35.5. The maximum Gasteiger partial charge on any atom is 0.263 e. The van der Waals surface area contributed by atoms with Crippen LogP contribution >= 0.6 is 11.6 Å². The van der Waals surface area contributed by atoms with Crippen molar-refractivity contribution in [2.24, 2.45) is 5.73 Å². The molecule has 158 valence electrons. The van der Waals surface area contributed by atoms with Crippen molar-refractivity contribution in [1.82, 2.24) is 4.57 Å². The van der Waals surface area contributed by atoms with E-state index in [2.05, 4.69) is 11.4 Å². The Morgan fingerprint density at radius 1 is 1.26 bits per heavy atom. The van der Waals surface area contributed by atoms with Gasteiger partial charge in [0.25, 0.3) is 11.8 Å². The zero-order valence-corrected chi connectivity index (χ0v) is 17.5. The molecule has 3 aromatic rings. The predicted octanol–water partition coefficient (Wildman–Crippen LogP) is 3.87. The fourth-order valence-corrected chi connectivity index (χ4v) is 3.30. The number of carbonyl (C=O) groups is 2. The number of hydrogen-bond acceptors (Lipinski definition) is 4. The summed E-state index contributed by atoms with van der Waals surface area (Å²) in [4.78, 5) is 24.2. The number of carbonyl (C=O) groups excluding carboxylic acids is 2. The third kappa shape index (κ3) is 4.52. The maximum absolute atomic E-state index is 13.8. The second-order valence-corrected chi connectivity index (χ2v) is 7.14. The number of anilines is 1. The minimum Gasteiger partial charge on any atom is -0.483 e. The van der Waals surface area contributed by atoms with Gasteiger partial charge in [-0.05, 0) is 55.8 Å². The van der Waals surface area contributed by atoms with E-state index in [4.69, 9.17) is 22.1 Å². The molecule has 3 N–H and O–H groups in total. The van der Waals surface area contributed by atoms with Crippen molar-refractivity contribution in [2.45, 2.75) is 13.8 Å². The zero-order valence-electron chi connectivity index (χ0n) is 16.7. The number of nitrogens with two attached hydrogens (primary N) is 1. The molecule has 0 radical (unpaired) electrons. The Morgan fingerprint density at radius 2 is 2.00 bits per heavy atom. The third-order valence-electron chi connectivity index (χ3n) is 4.72. The molecule has 1 heterocycles. The molecule has 2 amide bonds. The van der Waals surface area contributed by atoms with Gasteiger partial charge < -0.3 is 15.8 Å². The van der Waals surface area contributed by atoms with Crippen molar-refractivity contribution < 1.29 is 18.7 Å². The molecule has 31 heavy (non-hydrogen) atoms. The van der Waals surface area contributed by atoms with Gasteiger partial charge in [0.15, 0.2) is 6.61 Å². The number of benzene rings is 2. The Bertz CT molecular complexity index is 1230. The lowest BCUT2D eigenvalue weighted by atomic mass is 10.2. The smallest absolute Gasteiger partial charge is 0.263 e. The topological polar surface area (TPSA) is 110 Å². The van der Waals surface area contributed by atoms with E-state index >= 15 is 0 Å². The molecular weight excluding hydrogens is 423 g/mol. The van der Waals surface area contributed by atoms with Crippen molar-refractivity contribution in [2.75, 3.05) is 11.9 Å². The summed E-state index contributed by atoms with van der Waals surface area (Å²) >= 11 is 5.87. The van der Waals surface area contributed by atoms with Crippen molar-refractivity contribution in [1.29, 1.82) is 5.26 Å².